The Morgan fingerprint density at radius 3 is 2.67 bits per heavy atom. The summed E-state index contributed by atoms with van der Waals surface area (Å²) in [6.07, 6.45) is 5.40. The molecule has 0 aliphatic carbocycles. The minimum atomic E-state index is 1.09. The lowest BCUT2D eigenvalue weighted by Crippen LogP contribution is -2.26. The Morgan fingerprint density at radius 2 is 1.87 bits per heavy atom. The molecule has 0 atom stereocenters. The van der Waals surface area contributed by atoms with Gasteiger partial charge in [0, 0.05) is 12.6 Å². The largest absolute Gasteiger partial charge is 0.292 e. The van der Waals surface area contributed by atoms with Gasteiger partial charge in [0.2, 0.25) is 0 Å². The predicted molar refractivity (Wildman–Crippen MR) is 64.2 cm³/mol. The monoisotopic (exact) mass is 202 g/mol. The number of nitrogens with zero attached hydrogens (tertiary/aromatic N) is 1. The first kappa shape index (κ1) is 10.7. The molecule has 1 heterocycles. The van der Waals surface area contributed by atoms with Crippen LogP contribution in [0, 0.1) is 6.04 Å². The molecule has 0 amide bonds. The first-order valence-electron chi connectivity index (χ1n) is 5.97. The summed E-state index contributed by atoms with van der Waals surface area (Å²) in [6.45, 7) is 4.61. The summed E-state index contributed by atoms with van der Waals surface area (Å²) in [4.78, 5) is 2.54. The zero-order valence-electron chi connectivity index (χ0n) is 9.58. The summed E-state index contributed by atoms with van der Waals surface area (Å²) in [5.74, 6) is 0. The van der Waals surface area contributed by atoms with Gasteiger partial charge < -0.3 is 0 Å². The molecule has 1 nitrogen and oxygen atoms in total. The zero-order chi connectivity index (χ0) is 10.5. The van der Waals surface area contributed by atoms with E-state index >= 15 is 0 Å². The third-order valence-corrected chi connectivity index (χ3v) is 3.22. The highest BCUT2D eigenvalue weighted by Gasteiger charge is 2.17. The summed E-state index contributed by atoms with van der Waals surface area (Å²) in [7, 11) is 0. The second-order valence-corrected chi connectivity index (χ2v) is 4.45. The van der Waals surface area contributed by atoms with E-state index in [0.29, 0.717) is 0 Å². The van der Waals surface area contributed by atoms with Crippen LogP contribution in [-0.4, -0.2) is 11.4 Å². The number of rotatable bonds is 2. The molecule has 1 aliphatic rings. The van der Waals surface area contributed by atoms with Crippen molar-refractivity contribution >= 4 is 0 Å². The van der Waals surface area contributed by atoms with Crippen LogP contribution in [0.3, 0.4) is 0 Å². The molecule has 1 aromatic carbocycles. The van der Waals surface area contributed by atoms with E-state index in [0.717, 1.165) is 6.54 Å². The van der Waals surface area contributed by atoms with Crippen LogP contribution in [0.4, 0.5) is 0 Å². The summed E-state index contributed by atoms with van der Waals surface area (Å²) in [5.41, 5.74) is 1.43. The van der Waals surface area contributed by atoms with Crippen LogP contribution in [0.1, 0.15) is 38.2 Å². The Labute approximate surface area is 93.1 Å². The Bertz CT molecular complexity index is 281. The normalized spacial score (nSPS) is 20.1. The van der Waals surface area contributed by atoms with E-state index in [9.17, 15) is 0 Å². The molecule has 0 saturated carbocycles. The molecule has 2 rings (SSSR count). The molecule has 0 N–H and O–H groups in total. The van der Waals surface area contributed by atoms with Gasteiger partial charge in [0.15, 0.2) is 0 Å². The SMILES string of the molecule is C[C]1CCCCCN1Cc1ccccc1. The van der Waals surface area contributed by atoms with Gasteiger partial charge in [0.25, 0.3) is 0 Å². The number of benzene rings is 1. The first-order chi connectivity index (χ1) is 7.36. The van der Waals surface area contributed by atoms with Crippen molar-refractivity contribution in [3.63, 3.8) is 0 Å². The van der Waals surface area contributed by atoms with E-state index in [1.54, 1.807) is 6.04 Å². The highest BCUT2D eigenvalue weighted by molar-refractivity contribution is 5.15. The summed E-state index contributed by atoms with van der Waals surface area (Å²) >= 11 is 0. The van der Waals surface area contributed by atoms with Crippen molar-refractivity contribution in [2.75, 3.05) is 6.54 Å². The summed E-state index contributed by atoms with van der Waals surface area (Å²) in [5, 5.41) is 0. The standard InChI is InChI=1S/C14H20N/c1-13-8-4-3-7-11-15(13)12-14-9-5-2-6-10-14/h2,5-6,9-10H,3-4,7-8,11-12H2,1H3. The smallest absolute Gasteiger partial charge is 0.0366 e. The van der Waals surface area contributed by atoms with Crippen molar-refractivity contribution < 1.29 is 0 Å². The van der Waals surface area contributed by atoms with E-state index in [-0.39, 0.29) is 0 Å². The fraction of sp³-hybridized carbons (Fsp3) is 0.500. The highest BCUT2D eigenvalue weighted by Crippen LogP contribution is 2.23. The molecule has 1 aliphatic heterocycles. The van der Waals surface area contributed by atoms with Crippen molar-refractivity contribution in [1.82, 2.24) is 4.90 Å². The third-order valence-electron chi connectivity index (χ3n) is 3.22. The lowest BCUT2D eigenvalue weighted by atomic mass is 10.1. The molecule has 0 unspecified atom stereocenters. The predicted octanol–water partition coefficient (Wildman–Crippen LogP) is 3.61. The van der Waals surface area contributed by atoms with Gasteiger partial charge in [-0.15, -0.1) is 0 Å². The van der Waals surface area contributed by atoms with Crippen LogP contribution in [-0.2, 0) is 6.54 Å². The van der Waals surface area contributed by atoms with Crippen LogP contribution in [0.25, 0.3) is 0 Å². The minimum Gasteiger partial charge on any atom is -0.292 e. The Balaban J connectivity index is 1.97. The quantitative estimate of drug-likeness (QED) is 0.708. The number of hydrogen-bond donors (Lipinski definition) is 0. The van der Waals surface area contributed by atoms with E-state index in [1.165, 1.54) is 37.8 Å². The molecule has 1 fully saturated rings. The molecule has 1 radical (unpaired) electrons. The lowest BCUT2D eigenvalue weighted by molar-refractivity contribution is 0.282. The van der Waals surface area contributed by atoms with Crippen LogP contribution in [0.15, 0.2) is 30.3 Å². The zero-order valence-corrected chi connectivity index (χ0v) is 9.58. The fourth-order valence-corrected chi connectivity index (χ4v) is 2.23. The van der Waals surface area contributed by atoms with Crippen molar-refractivity contribution in [1.29, 1.82) is 0 Å². The molecule has 1 heteroatoms. The average Bonchev–Trinajstić information content (AvgIpc) is 2.46. The topological polar surface area (TPSA) is 3.24 Å². The van der Waals surface area contributed by atoms with Gasteiger partial charge in [-0.05, 0) is 31.9 Å². The Hall–Kier alpha value is -0.820. The van der Waals surface area contributed by atoms with Gasteiger partial charge in [-0.1, -0.05) is 43.2 Å². The van der Waals surface area contributed by atoms with Crippen LogP contribution < -0.4 is 0 Å². The molecule has 1 saturated heterocycles. The van der Waals surface area contributed by atoms with Crippen molar-refractivity contribution in [2.45, 2.75) is 39.2 Å². The van der Waals surface area contributed by atoms with E-state index in [1.807, 2.05) is 0 Å². The van der Waals surface area contributed by atoms with Gasteiger partial charge in [-0.2, -0.15) is 0 Å². The molecular weight excluding hydrogens is 182 g/mol. The van der Waals surface area contributed by atoms with Gasteiger partial charge in [0.1, 0.15) is 0 Å². The Kier molecular flexibility index (Phi) is 3.79. The van der Waals surface area contributed by atoms with Crippen molar-refractivity contribution in [3.8, 4) is 0 Å². The fourth-order valence-electron chi connectivity index (χ4n) is 2.23. The lowest BCUT2D eigenvalue weighted by Gasteiger charge is -2.26. The maximum atomic E-state index is 2.54. The molecule has 0 aromatic heterocycles. The van der Waals surface area contributed by atoms with Gasteiger partial charge >= 0.3 is 0 Å². The van der Waals surface area contributed by atoms with Crippen molar-refractivity contribution in [2.24, 2.45) is 0 Å². The second-order valence-electron chi connectivity index (χ2n) is 4.45. The molecular formula is C14H20N. The van der Waals surface area contributed by atoms with E-state index < -0.39 is 0 Å². The molecule has 81 valence electrons. The van der Waals surface area contributed by atoms with Crippen LogP contribution in [0.5, 0.6) is 0 Å². The second kappa shape index (κ2) is 5.32. The molecule has 1 aromatic rings. The maximum Gasteiger partial charge on any atom is 0.0366 e. The molecule has 0 spiro atoms. The average molecular weight is 202 g/mol. The van der Waals surface area contributed by atoms with Gasteiger partial charge in [-0.3, -0.25) is 4.90 Å². The van der Waals surface area contributed by atoms with Crippen molar-refractivity contribution in [3.05, 3.63) is 41.9 Å². The summed E-state index contributed by atoms with van der Waals surface area (Å²) in [6, 6.07) is 12.3. The number of hydrogen-bond acceptors (Lipinski definition) is 1. The highest BCUT2D eigenvalue weighted by atomic mass is 15.1. The van der Waals surface area contributed by atoms with Crippen LogP contribution in [0.2, 0.25) is 0 Å². The molecule has 15 heavy (non-hydrogen) atoms. The van der Waals surface area contributed by atoms with Crippen LogP contribution >= 0.6 is 0 Å². The Morgan fingerprint density at radius 1 is 1.07 bits per heavy atom. The van der Waals surface area contributed by atoms with E-state index in [4.69, 9.17) is 0 Å². The number of likely N-dealkylation sites (tertiary alicyclic amines) is 1. The third kappa shape index (κ3) is 3.07. The maximum absolute atomic E-state index is 2.54. The minimum absolute atomic E-state index is 1.09. The van der Waals surface area contributed by atoms with E-state index in [2.05, 4.69) is 42.2 Å². The first-order valence-corrected chi connectivity index (χ1v) is 5.97. The van der Waals surface area contributed by atoms with Gasteiger partial charge in [0.05, 0.1) is 0 Å². The molecule has 0 bridgehead atoms. The summed E-state index contributed by atoms with van der Waals surface area (Å²) < 4.78 is 0. The van der Waals surface area contributed by atoms with Gasteiger partial charge in [-0.25, -0.2) is 0 Å².